The van der Waals surface area contributed by atoms with Gasteiger partial charge in [0, 0.05) is 12.6 Å². The summed E-state index contributed by atoms with van der Waals surface area (Å²) in [5.74, 6) is -0.748. The van der Waals surface area contributed by atoms with Crippen molar-refractivity contribution < 1.29 is 23.5 Å². The van der Waals surface area contributed by atoms with Crippen LogP contribution in [0.15, 0.2) is 42.5 Å². The lowest BCUT2D eigenvalue weighted by Crippen LogP contribution is -2.36. The summed E-state index contributed by atoms with van der Waals surface area (Å²) >= 11 is 0. The topological polar surface area (TPSA) is 84.5 Å². The molecular formula is C21H23FN2O4. The number of anilines is 1. The Hall–Kier alpha value is -3.22. The third-order valence-corrected chi connectivity index (χ3v) is 4.18. The summed E-state index contributed by atoms with van der Waals surface area (Å²) in [7, 11) is 0. The Labute approximate surface area is 163 Å². The zero-order valence-corrected chi connectivity index (χ0v) is 15.8. The van der Waals surface area contributed by atoms with Gasteiger partial charge >= 0.3 is 6.09 Å². The molecule has 28 heavy (non-hydrogen) atoms. The molecule has 0 aliphatic heterocycles. The van der Waals surface area contributed by atoms with Crippen LogP contribution in [0.1, 0.15) is 30.0 Å². The fourth-order valence-electron chi connectivity index (χ4n) is 2.67. The van der Waals surface area contributed by atoms with E-state index < -0.39 is 18.0 Å². The van der Waals surface area contributed by atoms with Crippen molar-refractivity contribution in [2.24, 2.45) is 0 Å². The van der Waals surface area contributed by atoms with E-state index >= 15 is 0 Å². The first-order valence-corrected chi connectivity index (χ1v) is 8.88. The molecule has 0 saturated carbocycles. The molecule has 0 radical (unpaired) electrons. The van der Waals surface area contributed by atoms with Crippen LogP contribution in [0.5, 0.6) is 0 Å². The highest BCUT2D eigenvalue weighted by atomic mass is 19.1. The third kappa shape index (κ3) is 6.50. The number of rotatable bonds is 8. The summed E-state index contributed by atoms with van der Waals surface area (Å²) < 4.78 is 19.2. The molecule has 7 heteroatoms. The molecule has 0 unspecified atom stereocenters. The van der Waals surface area contributed by atoms with Crippen molar-refractivity contribution in [2.75, 3.05) is 5.32 Å². The summed E-state index contributed by atoms with van der Waals surface area (Å²) in [5, 5.41) is 5.04. The summed E-state index contributed by atoms with van der Waals surface area (Å²) in [6, 6.07) is 11.3. The van der Waals surface area contributed by atoms with Crippen molar-refractivity contribution >= 4 is 24.0 Å². The highest BCUT2D eigenvalue weighted by Crippen LogP contribution is 2.21. The molecule has 2 amide bonds. The van der Waals surface area contributed by atoms with E-state index in [0.717, 1.165) is 5.56 Å². The zero-order chi connectivity index (χ0) is 20.5. The highest BCUT2D eigenvalue weighted by Gasteiger charge is 2.15. The fraction of sp³-hybridized carbons (Fsp3) is 0.286. The number of benzene rings is 2. The highest BCUT2D eigenvalue weighted by molar-refractivity contribution is 5.88. The Morgan fingerprint density at radius 2 is 1.93 bits per heavy atom. The Morgan fingerprint density at radius 1 is 1.21 bits per heavy atom. The van der Waals surface area contributed by atoms with Gasteiger partial charge in [-0.05, 0) is 48.6 Å². The predicted octanol–water partition coefficient (Wildman–Crippen LogP) is 3.52. The predicted molar refractivity (Wildman–Crippen MR) is 103 cm³/mol. The maximum absolute atomic E-state index is 14.1. The van der Waals surface area contributed by atoms with E-state index in [1.165, 1.54) is 13.0 Å². The number of alkyl carbamates (subject to hydrolysis) is 1. The van der Waals surface area contributed by atoms with Crippen molar-refractivity contribution in [3.05, 3.63) is 65.0 Å². The van der Waals surface area contributed by atoms with Gasteiger partial charge in [0.05, 0.1) is 6.04 Å². The van der Waals surface area contributed by atoms with Gasteiger partial charge in [0.2, 0.25) is 5.91 Å². The molecule has 0 spiro atoms. The molecule has 2 aromatic rings. The summed E-state index contributed by atoms with van der Waals surface area (Å²) in [6.07, 6.45) is 0.537. The molecule has 0 heterocycles. The molecule has 0 fully saturated rings. The van der Waals surface area contributed by atoms with Gasteiger partial charge in [-0.2, -0.15) is 0 Å². The Bertz CT molecular complexity index is 840. The van der Waals surface area contributed by atoms with Crippen molar-refractivity contribution in [2.45, 2.75) is 39.3 Å². The normalized spacial score (nSPS) is 11.4. The minimum Gasteiger partial charge on any atom is -0.445 e. The van der Waals surface area contributed by atoms with Gasteiger partial charge in [0.1, 0.15) is 18.7 Å². The number of ether oxygens (including phenoxy) is 1. The number of hydrogen-bond donors (Lipinski definition) is 2. The largest absolute Gasteiger partial charge is 0.445 e. The molecule has 0 aliphatic rings. The van der Waals surface area contributed by atoms with Crippen LogP contribution in [0.3, 0.4) is 0 Å². The summed E-state index contributed by atoms with van der Waals surface area (Å²) in [4.78, 5) is 34.4. The van der Waals surface area contributed by atoms with E-state index in [1.807, 2.05) is 30.3 Å². The van der Waals surface area contributed by atoms with Crippen LogP contribution < -0.4 is 10.6 Å². The smallest absolute Gasteiger partial charge is 0.408 e. The average Bonchev–Trinajstić information content (AvgIpc) is 2.67. The molecule has 6 nitrogen and oxygen atoms in total. The maximum atomic E-state index is 14.1. The Morgan fingerprint density at radius 3 is 2.57 bits per heavy atom. The van der Waals surface area contributed by atoms with Crippen molar-refractivity contribution in [3.63, 3.8) is 0 Å². The number of aryl methyl sites for hydroxylation is 1. The summed E-state index contributed by atoms with van der Waals surface area (Å²) in [5.41, 5.74) is 2.27. The number of nitrogens with one attached hydrogen (secondary N) is 2. The lowest BCUT2D eigenvalue weighted by atomic mass is 10.00. The van der Waals surface area contributed by atoms with Gasteiger partial charge in [0.15, 0.2) is 0 Å². The molecular weight excluding hydrogens is 363 g/mol. The van der Waals surface area contributed by atoms with Gasteiger partial charge in [-0.25, -0.2) is 9.18 Å². The monoisotopic (exact) mass is 386 g/mol. The number of hydrogen-bond acceptors (Lipinski definition) is 4. The van der Waals surface area contributed by atoms with E-state index in [2.05, 4.69) is 10.6 Å². The zero-order valence-electron chi connectivity index (χ0n) is 15.8. The molecule has 2 aromatic carbocycles. The van der Waals surface area contributed by atoms with Crippen LogP contribution in [0.25, 0.3) is 0 Å². The van der Waals surface area contributed by atoms with Crippen molar-refractivity contribution in [1.29, 1.82) is 0 Å². The van der Waals surface area contributed by atoms with Crippen LogP contribution in [0, 0.1) is 12.7 Å². The number of aldehydes is 1. The molecule has 1 atom stereocenters. The fourth-order valence-corrected chi connectivity index (χ4v) is 2.67. The van der Waals surface area contributed by atoms with Gasteiger partial charge < -0.3 is 20.2 Å². The first-order valence-electron chi connectivity index (χ1n) is 8.88. The lowest BCUT2D eigenvalue weighted by molar-refractivity contribution is -0.114. The maximum Gasteiger partial charge on any atom is 0.408 e. The van der Waals surface area contributed by atoms with Crippen LogP contribution in [-0.2, 0) is 27.4 Å². The number of carbonyl (C=O) groups is 3. The molecule has 0 saturated heterocycles. The molecule has 2 rings (SSSR count). The summed E-state index contributed by atoms with van der Waals surface area (Å²) in [6.45, 7) is 3.06. The van der Waals surface area contributed by atoms with E-state index in [-0.39, 0.29) is 18.9 Å². The standard InChI is InChI=1S/C21H23FN2O4/c1-14-17(10-19(11-20(14)22)23-15(2)26)8-9-18(12-25)24-21(27)28-13-16-6-4-3-5-7-16/h3-7,10-12,18H,8-9,13H2,1-2H3,(H,23,26)(H,24,27)/t18-/m0/s1. The second kappa shape index (κ2) is 10.2. The third-order valence-electron chi connectivity index (χ3n) is 4.18. The molecule has 2 N–H and O–H groups in total. The average molecular weight is 386 g/mol. The first kappa shape index (κ1) is 21.1. The van der Waals surface area contributed by atoms with E-state index in [1.54, 1.807) is 13.0 Å². The van der Waals surface area contributed by atoms with E-state index in [0.29, 0.717) is 29.5 Å². The van der Waals surface area contributed by atoms with Crippen LogP contribution >= 0.6 is 0 Å². The molecule has 0 aromatic heterocycles. The SMILES string of the molecule is CC(=O)Nc1cc(F)c(C)c(CC[C@@H](C=O)NC(=O)OCc2ccccc2)c1. The van der Waals surface area contributed by atoms with Crippen molar-refractivity contribution in [3.8, 4) is 0 Å². The van der Waals surface area contributed by atoms with Gasteiger partial charge in [-0.3, -0.25) is 4.79 Å². The van der Waals surface area contributed by atoms with E-state index in [4.69, 9.17) is 4.74 Å². The second-order valence-electron chi connectivity index (χ2n) is 6.41. The minimum absolute atomic E-state index is 0.0985. The van der Waals surface area contributed by atoms with Gasteiger partial charge in [-0.15, -0.1) is 0 Å². The first-order chi connectivity index (χ1) is 13.4. The number of halogens is 1. The Kier molecular flexibility index (Phi) is 7.68. The van der Waals surface area contributed by atoms with Crippen LogP contribution in [-0.4, -0.2) is 24.3 Å². The van der Waals surface area contributed by atoms with E-state index in [9.17, 15) is 18.8 Å². The molecule has 0 aliphatic carbocycles. The minimum atomic E-state index is -0.768. The second-order valence-corrected chi connectivity index (χ2v) is 6.41. The van der Waals surface area contributed by atoms with Crippen LogP contribution in [0.2, 0.25) is 0 Å². The molecule has 148 valence electrons. The van der Waals surface area contributed by atoms with Gasteiger partial charge in [-0.1, -0.05) is 30.3 Å². The van der Waals surface area contributed by atoms with Crippen LogP contribution in [0.4, 0.5) is 14.9 Å². The quantitative estimate of drug-likeness (QED) is 0.680. The van der Waals surface area contributed by atoms with Gasteiger partial charge in [0.25, 0.3) is 0 Å². The number of carbonyl (C=O) groups excluding carboxylic acids is 3. The lowest BCUT2D eigenvalue weighted by Gasteiger charge is -2.15. The number of amides is 2. The molecule has 0 bridgehead atoms. The Balaban J connectivity index is 1.92. The van der Waals surface area contributed by atoms with Crippen molar-refractivity contribution in [1.82, 2.24) is 5.32 Å².